The van der Waals surface area contributed by atoms with Crippen molar-refractivity contribution in [1.82, 2.24) is 0 Å². The second kappa shape index (κ2) is 10.9. The van der Waals surface area contributed by atoms with E-state index in [0.29, 0.717) is 39.8 Å². The summed E-state index contributed by atoms with van der Waals surface area (Å²) in [5.74, 6) is -1.43. The third-order valence-electron chi connectivity index (χ3n) is 6.49. The molecule has 0 bridgehead atoms. The highest BCUT2D eigenvalue weighted by molar-refractivity contribution is 6.31. The standard InChI is InChI=1S/C29H31ClN2O6/c1-5-36-28(35)26-24(25-20(33)13-29(3,4)14-22(25)38-27(26)31)18-8-6-7-9-21(18)37-15-23(34)32-17-11-10-16(2)19(30)12-17/h6-12,24H,5,13-15,31H2,1-4H3,(H,32,34). The van der Waals surface area contributed by atoms with Crippen LogP contribution in [0.25, 0.3) is 0 Å². The Morgan fingerprint density at radius 3 is 2.63 bits per heavy atom. The van der Waals surface area contributed by atoms with Crippen molar-refractivity contribution >= 4 is 34.9 Å². The number of ketones is 1. The largest absolute Gasteiger partial charge is 0.483 e. The zero-order valence-corrected chi connectivity index (χ0v) is 22.6. The molecule has 1 unspecified atom stereocenters. The number of halogens is 1. The van der Waals surface area contributed by atoms with Crippen LogP contribution in [0.15, 0.2) is 65.3 Å². The maximum absolute atomic E-state index is 13.4. The van der Waals surface area contributed by atoms with Crippen LogP contribution in [0.1, 0.15) is 50.7 Å². The van der Waals surface area contributed by atoms with Crippen molar-refractivity contribution in [3.63, 3.8) is 0 Å². The maximum atomic E-state index is 13.4. The molecule has 38 heavy (non-hydrogen) atoms. The van der Waals surface area contributed by atoms with Gasteiger partial charge in [-0.3, -0.25) is 9.59 Å². The minimum Gasteiger partial charge on any atom is -0.483 e. The number of esters is 1. The van der Waals surface area contributed by atoms with Gasteiger partial charge in [0.2, 0.25) is 5.88 Å². The van der Waals surface area contributed by atoms with Gasteiger partial charge in [0, 0.05) is 34.7 Å². The number of nitrogens with one attached hydrogen (secondary N) is 1. The minimum atomic E-state index is -0.864. The van der Waals surface area contributed by atoms with Gasteiger partial charge in [-0.2, -0.15) is 0 Å². The van der Waals surface area contributed by atoms with E-state index in [2.05, 4.69) is 5.32 Å². The Bertz CT molecular complexity index is 1360. The number of aryl methyl sites for hydroxylation is 1. The molecule has 1 amide bonds. The van der Waals surface area contributed by atoms with E-state index in [1.54, 1.807) is 49.4 Å². The molecule has 4 rings (SSSR count). The molecule has 0 fully saturated rings. The highest BCUT2D eigenvalue weighted by atomic mass is 35.5. The van der Waals surface area contributed by atoms with Gasteiger partial charge in [-0.25, -0.2) is 4.79 Å². The zero-order valence-electron chi connectivity index (χ0n) is 21.9. The lowest BCUT2D eigenvalue weighted by atomic mass is 9.70. The molecule has 1 heterocycles. The molecule has 200 valence electrons. The number of Topliss-reactive ketones (excluding diaryl/α,β-unsaturated/α-hetero) is 1. The number of allylic oxidation sites excluding steroid dienone is 2. The quantitative estimate of drug-likeness (QED) is 0.468. The summed E-state index contributed by atoms with van der Waals surface area (Å²) in [6, 6.07) is 12.1. The number of rotatable bonds is 7. The summed E-state index contributed by atoms with van der Waals surface area (Å²) in [6.07, 6.45) is 0.762. The van der Waals surface area contributed by atoms with Crippen LogP contribution in [-0.4, -0.2) is 30.9 Å². The molecular formula is C29H31ClN2O6. The Morgan fingerprint density at radius 2 is 1.92 bits per heavy atom. The lowest BCUT2D eigenvalue weighted by Crippen LogP contribution is -2.36. The van der Waals surface area contributed by atoms with Gasteiger partial charge < -0.3 is 25.3 Å². The van der Waals surface area contributed by atoms with Gasteiger partial charge in [0.05, 0.1) is 12.5 Å². The summed E-state index contributed by atoms with van der Waals surface area (Å²) in [4.78, 5) is 39.1. The first-order valence-electron chi connectivity index (χ1n) is 12.4. The first kappa shape index (κ1) is 27.3. The molecule has 8 nitrogen and oxygen atoms in total. The highest BCUT2D eigenvalue weighted by Crippen LogP contribution is 2.49. The van der Waals surface area contributed by atoms with Crippen molar-refractivity contribution in [2.24, 2.45) is 11.1 Å². The van der Waals surface area contributed by atoms with Crippen molar-refractivity contribution in [2.45, 2.75) is 46.5 Å². The number of ether oxygens (including phenoxy) is 3. The number of carbonyl (C=O) groups is 3. The average Bonchev–Trinajstić information content (AvgIpc) is 2.83. The average molecular weight is 539 g/mol. The van der Waals surface area contributed by atoms with Gasteiger partial charge in [0.15, 0.2) is 12.4 Å². The van der Waals surface area contributed by atoms with Crippen molar-refractivity contribution in [3.8, 4) is 5.75 Å². The third-order valence-corrected chi connectivity index (χ3v) is 6.90. The Hall–Kier alpha value is -3.78. The summed E-state index contributed by atoms with van der Waals surface area (Å²) >= 11 is 6.16. The van der Waals surface area contributed by atoms with E-state index in [-0.39, 0.29) is 42.3 Å². The van der Waals surface area contributed by atoms with Crippen LogP contribution in [0, 0.1) is 12.3 Å². The molecule has 0 radical (unpaired) electrons. The summed E-state index contributed by atoms with van der Waals surface area (Å²) in [5, 5.41) is 3.29. The molecule has 2 aliphatic rings. The minimum absolute atomic E-state index is 0.0356. The molecule has 2 aromatic carbocycles. The van der Waals surface area contributed by atoms with E-state index in [9.17, 15) is 14.4 Å². The fraction of sp³-hybridized carbons (Fsp3) is 0.345. The number of hydrogen-bond acceptors (Lipinski definition) is 7. The molecule has 1 atom stereocenters. The molecule has 3 N–H and O–H groups in total. The zero-order chi connectivity index (χ0) is 27.6. The maximum Gasteiger partial charge on any atom is 0.340 e. The summed E-state index contributed by atoms with van der Waals surface area (Å²) < 4.78 is 17.0. The number of amides is 1. The smallest absolute Gasteiger partial charge is 0.340 e. The third kappa shape index (κ3) is 5.70. The number of carbonyl (C=O) groups excluding carboxylic acids is 3. The lowest BCUT2D eigenvalue weighted by Gasteiger charge is -2.38. The predicted molar refractivity (Wildman–Crippen MR) is 143 cm³/mol. The first-order valence-corrected chi connectivity index (χ1v) is 12.8. The Kier molecular flexibility index (Phi) is 7.83. The van der Waals surface area contributed by atoms with Crippen LogP contribution in [0.3, 0.4) is 0 Å². The van der Waals surface area contributed by atoms with Gasteiger partial charge in [-0.05, 0) is 43.0 Å². The number of hydrogen-bond donors (Lipinski definition) is 2. The van der Waals surface area contributed by atoms with E-state index in [0.717, 1.165) is 5.56 Å². The van der Waals surface area contributed by atoms with E-state index in [1.165, 1.54) is 0 Å². The number of benzene rings is 2. The van der Waals surface area contributed by atoms with Crippen LogP contribution >= 0.6 is 11.6 Å². The fourth-order valence-electron chi connectivity index (χ4n) is 4.76. The lowest BCUT2D eigenvalue weighted by molar-refractivity contribution is -0.139. The van der Waals surface area contributed by atoms with Crippen molar-refractivity contribution < 1.29 is 28.6 Å². The molecule has 0 saturated heterocycles. The monoisotopic (exact) mass is 538 g/mol. The number of anilines is 1. The van der Waals surface area contributed by atoms with Crippen LogP contribution < -0.4 is 15.8 Å². The Morgan fingerprint density at radius 1 is 1.18 bits per heavy atom. The van der Waals surface area contributed by atoms with Crippen LogP contribution in [0.2, 0.25) is 5.02 Å². The number of nitrogens with two attached hydrogens (primary N) is 1. The SMILES string of the molecule is CCOC(=O)C1=C(N)OC2=C(C(=O)CC(C)(C)C2)C1c1ccccc1OCC(=O)Nc1ccc(C)c(Cl)c1. The topological polar surface area (TPSA) is 117 Å². The molecule has 9 heteroatoms. The van der Waals surface area contributed by atoms with E-state index in [4.69, 9.17) is 31.5 Å². The molecule has 0 aromatic heterocycles. The molecule has 1 aliphatic carbocycles. The molecule has 0 spiro atoms. The predicted octanol–water partition coefficient (Wildman–Crippen LogP) is 5.16. The molecule has 0 saturated carbocycles. The summed E-state index contributed by atoms with van der Waals surface area (Å²) in [7, 11) is 0. The van der Waals surface area contributed by atoms with Crippen LogP contribution in [0.4, 0.5) is 5.69 Å². The molecule has 1 aliphatic heterocycles. The van der Waals surface area contributed by atoms with Crippen molar-refractivity contribution in [3.05, 3.63) is 81.4 Å². The van der Waals surface area contributed by atoms with Crippen molar-refractivity contribution in [2.75, 3.05) is 18.5 Å². The summed E-state index contributed by atoms with van der Waals surface area (Å²) in [5.41, 5.74) is 8.27. The van der Waals surface area contributed by atoms with Gasteiger partial charge in [0.25, 0.3) is 5.91 Å². The van der Waals surface area contributed by atoms with Gasteiger partial charge in [0.1, 0.15) is 17.1 Å². The van der Waals surface area contributed by atoms with Gasteiger partial charge >= 0.3 is 5.97 Å². The van der Waals surface area contributed by atoms with Crippen molar-refractivity contribution in [1.29, 1.82) is 0 Å². The Balaban J connectivity index is 1.68. The molecule has 2 aromatic rings. The second-order valence-electron chi connectivity index (χ2n) is 10.1. The normalized spacial score (nSPS) is 18.4. The second-order valence-corrected chi connectivity index (χ2v) is 10.6. The van der Waals surface area contributed by atoms with Crippen LogP contribution in [-0.2, 0) is 23.9 Å². The highest BCUT2D eigenvalue weighted by Gasteiger charge is 2.45. The van der Waals surface area contributed by atoms with Gasteiger partial charge in [-0.1, -0.05) is 49.7 Å². The summed E-state index contributed by atoms with van der Waals surface area (Å²) in [6.45, 7) is 7.32. The van der Waals surface area contributed by atoms with E-state index >= 15 is 0 Å². The number of para-hydroxylation sites is 1. The van der Waals surface area contributed by atoms with Crippen LogP contribution in [0.5, 0.6) is 5.75 Å². The first-order chi connectivity index (χ1) is 18.0. The van der Waals surface area contributed by atoms with E-state index in [1.807, 2.05) is 20.8 Å². The fourth-order valence-corrected chi connectivity index (χ4v) is 4.95. The Labute approximate surface area is 226 Å². The molecular weight excluding hydrogens is 508 g/mol. The van der Waals surface area contributed by atoms with Gasteiger partial charge in [-0.15, -0.1) is 0 Å². The van der Waals surface area contributed by atoms with E-state index < -0.39 is 17.8 Å².